The topological polar surface area (TPSA) is 12.0 Å². The summed E-state index contributed by atoms with van der Waals surface area (Å²) < 4.78 is 0. The van der Waals surface area contributed by atoms with Gasteiger partial charge in [0.15, 0.2) is 0 Å². The van der Waals surface area contributed by atoms with Crippen LogP contribution in [0.15, 0.2) is 0 Å². The van der Waals surface area contributed by atoms with Gasteiger partial charge in [0.1, 0.15) is 0 Å². The first-order valence-electron chi connectivity index (χ1n) is 5.46. The van der Waals surface area contributed by atoms with Crippen molar-refractivity contribution in [2.45, 2.75) is 58.4 Å². The van der Waals surface area contributed by atoms with Crippen LogP contribution < -0.4 is 5.32 Å². The third-order valence-corrected chi connectivity index (χ3v) is 3.36. The van der Waals surface area contributed by atoms with Gasteiger partial charge in [-0.15, -0.1) is 0 Å². The molecule has 0 bridgehead atoms. The Morgan fingerprint density at radius 2 is 2.17 bits per heavy atom. The number of rotatable bonds is 4. The van der Waals surface area contributed by atoms with E-state index in [1.807, 2.05) is 0 Å². The minimum Gasteiger partial charge on any atom is -0.311 e. The second kappa shape index (κ2) is 4.27. The van der Waals surface area contributed by atoms with Gasteiger partial charge < -0.3 is 5.32 Å². The molecule has 1 heteroatoms. The highest BCUT2D eigenvalue weighted by Gasteiger charge is 2.35. The molecule has 12 heavy (non-hydrogen) atoms. The molecule has 0 amide bonds. The van der Waals surface area contributed by atoms with Crippen LogP contribution in [0.2, 0.25) is 0 Å². The van der Waals surface area contributed by atoms with Crippen molar-refractivity contribution in [1.29, 1.82) is 0 Å². The summed E-state index contributed by atoms with van der Waals surface area (Å²) in [6.07, 6.45) is 6.86. The van der Waals surface area contributed by atoms with Crippen LogP contribution in [0.25, 0.3) is 0 Å². The van der Waals surface area contributed by atoms with Gasteiger partial charge in [0.2, 0.25) is 0 Å². The van der Waals surface area contributed by atoms with E-state index in [2.05, 4.69) is 26.1 Å². The second-order valence-corrected chi connectivity index (χ2v) is 4.44. The molecule has 1 heterocycles. The normalized spacial score (nSPS) is 30.0. The molecule has 0 spiro atoms. The second-order valence-electron chi connectivity index (χ2n) is 4.44. The maximum absolute atomic E-state index is 3.70. The molecule has 1 aliphatic rings. The van der Waals surface area contributed by atoms with Gasteiger partial charge in [0.25, 0.3) is 0 Å². The van der Waals surface area contributed by atoms with Crippen molar-refractivity contribution < 1.29 is 0 Å². The predicted molar refractivity (Wildman–Crippen MR) is 54.3 cm³/mol. The molecule has 0 aromatic rings. The van der Waals surface area contributed by atoms with Crippen LogP contribution in [0, 0.1) is 5.92 Å². The molecule has 1 fully saturated rings. The summed E-state index contributed by atoms with van der Waals surface area (Å²) in [5.41, 5.74) is 0.496. The Morgan fingerprint density at radius 3 is 2.58 bits per heavy atom. The molecule has 1 rings (SSSR count). The van der Waals surface area contributed by atoms with E-state index in [-0.39, 0.29) is 0 Å². The molecule has 0 aromatic heterocycles. The lowest BCUT2D eigenvalue weighted by Crippen LogP contribution is -2.44. The Kier molecular flexibility index (Phi) is 3.57. The molecule has 72 valence electrons. The van der Waals surface area contributed by atoms with E-state index in [1.54, 1.807) is 0 Å². The van der Waals surface area contributed by atoms with Crippen LogP contribution in [0.1, 0.15) is 52.9 Å². The van der Waals surface area contributed by atoms with Gasteiger partial charge >= 0.3 is 0 Å². The molecular weight excluding hydrogens is 146 g/mol. The van der Waals surface area contributed by atoms with Gasteiger partial charge in [-0.05, 0) is 31.7 Å². The molecule has 1 aliphatic heterocycles. The molecular formula is C11H23N. The van der Waals surface area contributed by atoms with E-state index in [4.69, 9.17) is 0 Å². The summed E-state index contributed by atoms with van der Waals surface area (Å²) in [7, 11) is 0. The van der Waals surface area contributed by atoms with Crippen LogP contribution in [-0.4, -0.2) is 12.1 Å². The van der Waals surface area contributed by atoms with Crippen molar-refractivity contribution in [2.75, 3.05) is 6.54 Å². The highest BCUT2D eigenvalue weighted by molar-refractivity contribution is 4.94. The fourth-order valence-electron chi connectivity index (χ4n) is 2.32. The Bertz CT molecular complexity index is 123. The Hall–Kier alpha value is -0.0400. The molecule has 1 nitrogen and oxygen atoms in total. The van der Waals surface area contributed by atoms with E-state index < -0.39 is 0 Å². The van der Waals surface area contributed by atoms with Gasteiger partial charge in [-0.3, -0.25) is 0 Å². The van der Waals surface area contributed by atoms with E-state index >= 15 is 0 Å². The van der Waals surface area contributed by atoms with Gasteiger partial charge in [-0.2, -0.15) is 0 Å². The Labute approximate surface area is 76.9 Å². The minimum absolute atomic E-state index is 0.496. The fraction of sp³-hybridized carbons (Fsp3) is 1.00. The SMILES string of the molecule is CCCCC1(C(C)C)CCCN1. The van der Waals surface area contributed by atoms with Crippen molar-refractivity contribution in [3.8, 4) is 0 Å². The Balaban J connectivity index is 2.47. The molecule has 0 aromatic carbocycles. The maximum Gasteiger partial charge on any atom is 0.0204 e. The van der Waals surface area contributed by atoms with Crippen molar-refractivity contribution in [3.05, 3.63) is 0 Å². The van der Waals surface area contributed by atoms with Gasteiger partial charge in [0.05, 0.1) is 0 Å². The number of hydrogen-bond donors (Lipinski definition) is 1. The first-order valence-corrected chi connectivity index (χ1v) is 5.46. The third kappa shape index (κ3) is 2.01. The average molecular weight is 169 g/mol. The van der Waals surface area contributed by atoms with Crippen molar-refractivity contribution in [1.82, 2.24) is 5.32 Å². The van der Waals surface area contributed by atoms with E-state index in [0.717, 1.165) is 5.92 Å². The standard InChI is InChI=1S/C11H23N/c1-4-5-7-11(10(2)3)8-6-9-12-11/h10,12H,4-9H2,1-3H3. The summed E-state index contributed by atoms with van der Waals surface area (Å²) in [5.74, 6) is 0.798. The van der Waals surface area contributed by atoms with E-state index in [1.165, 1.54) is 38.6 Å². The average Bonchev–Trinajstić information content (AvgIpc) is 2.50. The molecule has 0 aliphatic carbocycles. The zero-order valence-corrected chi connectivity index (χ0v) is 8.82. The maximum atomic E-state index is 3.70. The number of hydrogen-bond acceptors (Lipinski definition) is 1. The summed E-state index contributed by atoms with van der Waals surface area (Å²) in [6.45, 7) is 8.23. The summed E-state index contributed by atoms with van der Waals surface area (Å²) in [4.78, 5) is 0. The lowest BCUT2D eigenvalue weighted by atomic mass is 9.81. The first-order chi connectivity index (χ1) is 5.71. The van der Waals surface area contributed by atoms with Crippen LogP contribution in [-0.2, 0) is 0 Å². The highest BCUT2D eigenvalue weighted by Crippen LogP contribution is 2.32. The van der Waals surface area contributed by atoms with Gasteiger partial charge in [-0.1, -0.05) is 33.6 Å². The first kappa shape index (κ1) is 10.0. The number of unbranched alkanes of at least 4 members (excludes halogenated alkanes) is 1. The van der Waals surface area contributed by atoms with Crippen molar-refractivity contribution in [2.24, 2.45) is 5.92 Å². The van der Waals surface area contributed by atoms with Crippen LogP contribution in [0.5, 0.6) is 0 Å². The largest absolute Gasteiger partial charge is 0.311 e. The smallest absolute Gasteiger partial charge is 0.0204 e. The monoisotopic (exact) mass is 169 g/mol. The van der Waals surface area contributed by atoms with Gasteiger partial charge in [0, 0.05) is 5.54 Å². The zero-order valence-electron chi connectivity index (χ0n) is 8.82. The van der Waals surface area contributed by atoms with Crippen LogP contribution in [0.3, 0.4) is 0 Å². The highest BCUT2D eigenvalue weighted by atomic mass is 15.0. The Morgan fingerprint density at radius 1 is 1.42 bits per heavy atom. The van der Waals surface area contributed by atoms with Gasteiger partial charge in [-0.25, -0.2) is 0 Å². The molecule has 0 saturated carbocycles. The van der Waals surface area contributed by atoms with E-state index in [9.17, 15) is 0 Å². The molecule has 1 unspecified atom stereocenters. The quantitative estimate of drug-likeness (QED) is 0.682. The molecule has 1 N–H and O–H groups in total. The summed E-state index contributed by atoms with van der Waals surface area (Å²) in [6, 6.07) is 0. The van der Waals surface area contributed by atoms with Crippen LogP contribution in [0.4, 0.5) is 0 Å². The number of nitrogens with one attached hydrogen (secondary N) is 1. The fourth-order valence-corrected chi connectivity index (χ4v) is 2.32. The van der Waals surface area contributed by atoms with E-state index in [0.29, 0.717) is 5.54 Å². The van der Waals surface area contributed by atoms with Crippen molar-refractivity contribution in [3.63, 3.8) is 0 Å². The van der Waals surface area contributed by atoms with Crippen molar-refractivity contribution >= 4 is 0 Å². The summed E-state index contributed by atoms with van der Waals surface area (Å²) >= 11 is 0. The summed E-state index contributed by atoms with van der Waals surface area (Å²) in [5, 5.41) is 3.70. The van der Waals surface area contributed by atoms with Crippen LogP contribution >= 0.6 is 0 Å². The molecule has 1 atom stereocenters. The lowest BCUT2D eigenvalue weighted by molar-refractivity contribution is 0.246. The lowest BCUT2D eigenvalue weighted by Gasteiger charge is -2.34. The predicted octanol–water partition coefficient (Wildman–Crippen LogP) is 2.95. The third-order valence-electron chi connectivity index (χ3n) is 3.36. The zero-order chi connectivity index (χ0) is 9.03. The molecule has 1 saturated heterocycles. The minimum atomic E-state index is 0.496. The molecule has 0 radical (unpaired) electrons.